The summed E-state index contributed by atoms with van der Waals surface area (Å²) in [7, 11) is -1.05. The maximum absolute atomic E-state index is 10.3. The van der Waals surface area contributed by atoms with Crippen LogP contribution in [0, 0.1) is 5.92 Å². The highest BCUT2D eigenvalue weighted by Crippen LogP contribution is 2.31. The Labute approximate surface area is 52.0 Å². The summed E-state index contributed by atoms with van der Waals surface area (Å²) in [6.45, 7) is 0. The van der Waals surface area contributed by atoms with Crippen LogP contribution in [0.1, 0.15) is 19.3 Å². The fourth-order valence-corrected chi connectivity index (χ4v) is 1.25. The van der Waals surface area contributed by atoms with Crippen molar-refractivity contribution in [3.8, 4) is 0 Å². The zero-order valence-corrected chi connectivity index (χ0v) is 5.62. The molecule has 1 fully saturated rings. The van der Waals surface area contributed by atoms with E-state index in [-0.39, 0.29) is 0 Å². The van der Waals surface area contributed by atoms with Gasteiger partial charge < -0.3 is 0 Å². The normalized spacial score (nSPS) is 23.1. The largest absolute Gasteiger partial charge is 0.252 e. The van der Waals surface area contributed by atoms with Crippen molar-refractivity contribution in [3.63, 3.8) is 0 Å². The van der Waals surface area contributed by atoms with Crippen molar-refractivity contribution in [3.05, 3.63) is 0 Å². The van der Waals surface area contributed by atoms with Crippen LogP contribution >= 0.6 is 0 Å². The lowest BCUT2D eigenvalue weighted by Gasteiger charge is -1.90. The Bertz CT molecular complexity index is 101. The molecule has 2 N–H and O–H groups in total. The van der Waals surface area contributed by atoms with Gasteiger partial charge in [-0.1, -0.05) is 12.8 Å². The average Bonchev–Trinajstić information content (AvgIpc) is 2.41. The standard InChI is InChI=1S/C5H11NOS/c6-8(7)4-3-5-1-2-5/h5H,1-4,6H2. The zero-order valence-electron chi connectivity index (χ0n) is 4.80. The van der Waals surface area contributed by atoms with Crippen molar-refractivity contribution >= 4 is 11.0 Å². The van der Waals surface area contributed by atoms with E-state index in [0.717, 1.165) is 12.3 Å². The van der Waals surface area contributed by atoms with Crippen molar-refractivity contribution in [2.24, 2.45) is 11.1 Å². The van der Waals surface area contributed by atoms with Gasteiger partial charge in [-0.05, 0) is 12.3 Å². The first-order valence-electron chi connectivity index (χ1n) is 2.92. The van der Waals surface area contributed by atoms with Crippen molar-refractivity contribution in [2.75, 3.05) is 5.75 Å². The molecule has 1 rings (SSSR count). The molecule has 0 radical (unpaired) electrons. The Kier molecular flexibility index (Phi) is 2.02. The predicted molar refractivity (Wildman–Crippen MR) is 34.5 cm³/mol. The molecule has 0 amide bonds. The van der Waals surface area contributed by atoms with E-state index in [1.54, 1.807) is 0 Å². The van der Waals surface area contributed by atoms with Crippen LogP contribution in [0.5, 0.6) is 0 Å². The quantitative estimate of drug-likeness (QED) is 0.595. The predicted octanol–water partition coefficient (Wildman–Crippen LogP) is 0.409. The third kappa shape index (κ3) is 2.43. The van der Waals surface area contributed by atoms with Crippen LogP contribution < -0.4 is 5.14 Å². The summed E-state index contributed by atoms with van der Waals surface area (Å²) in [5.41, 5.74) is 0. The second kappa shape index (κ2) is 2.60. The van der Waals surface area contributed by atoms with Crippen LogP contribution in [-0.4, -0.2) is 9.96 Å². The Hall–Kier alpha value is 0.110. The zero-order chi connectivity index (χ0) is 5.98. The van der Waals surface area contributed by atoms with Gasteiger partial charge >= 0.3 is 0 Å². The molecule has 1 aliphatic rings. The molecule has 0 aromatic heterocycles. The molecular weight excluding hydrogens is 122 g/mol. The van der Waals surface area contributed by atoms with Crippen LogP contribution in [0.3, 0.4) is 0 Å². The highest BCUT2D eigenvalue weighted by atomic mass is 32.2. The monoisotopic (exact) mass is 133 g/mol. The molecule has 1 unspecified atom stereocenters. The van der Waals surface area contributed by atoms with Gasteiger partial charge in [0.05, 0.1) is 11.0 Å². The Balaban J connectivity index is 1.95. The van der Waals surface area contributed by atoms with Gasteiger partial charge in [-0.25, -0.2) is 4.21 Å². The molecular formula is C5H11NOS. The lowest BCUT2D eigenvalue weighted by Crippen LogP contribution is -2.07. The number of hydrogen-bond acceptors (Lipinski definition) is 1. The summed E-state index contributed by atoms with van der Waals surface area (Å²) >= 11 is 0. The lowest BCUT2D eigenvalue weighted by molar-refractivity contribution is 0.677. The molecule has 8 heavy (non-hydrogen) atoms. The van der Waals surface area contributed by atoms with Gasteiger partial charge in [0.1, 0.15) is 0 Å². The van der Waals surface area contributed by atoms with Crippen LogP contribution in [0.4, 0.5) is 0 Å². The summed E-state index contributed by atoms with van der Waals surface area (Å²) in [6, 6.07) is 0. The van der Waals surface area contributed by atoms with Gasteiger partial charge in [-0.15, -0.1) is 0 Å². The molecule has 48 valence electrons. The van der Waals surface area contributed by atoms with Crippen molar-refractivity contribution in [1.82, 2.24) is 0 Å². The van der Waals surface area contributed by atoms with E-state index >= 15 is 0 Å². The maximum Gasteiger partial charge on any atom is 0.0888 e. The van der Waals surface area contributed by atoms with Crippen molar-refractivity contribution < 1.29 is 4.21 Å². The second-order valence-electron chi connectivity index (χ2n) is 2.32. The van der Waals surface area contributed by atoms with Crippen molar-refractivity contribution in [2.45, 2.75) is 19.3 Å². The summed E-state index contributed by atoms with van der Waals surface area (Å²) in [4.78, 5) is 0. The third-order valence-electron chi connectivity index (χ3n) is 1.42. The Morgan fingerprint density at radius 2 is 2.25 bits per heavy atom. The molecule has 1 aliphatic carbocycles. The van der Waals surface area contributed by atoms with Gasteiger partial charge in [0.2, 0.25) is 0 Å². The molecule has 1 saturated carbocycles. The van der Waals surface area contributed by atoms with Crippen molar-refractivity contribution in [1.29, 1.82) is 0 Å². The molecule has 0 heterocycles. The lowest BCUT2D eigenvalue weighted by atomic mass is 10.3. The van der Waals surface area contributed by atoms with Gasteiger partial charge in [-0.2, -0.15) is 0 Å². The van der Waals surface area contributed by atoms with E-state index in [0.29, 0.717) is 5.75 Å². The molecule has 0 spiro atoms. The number of hydrogen-bond donors (Lipinski definition) is 1. The van der Waals surface area contributed by atoms with Crippen LogP contribution in [0.15, 0.2) is 0 Å². The fraction of sp³-hybridized carbons (Fsp3) is 1.00. The summed E-state index contributed by atoms with van der Waals surface area (Å²) in [6.07, 6.45) is 3.73. The molecule has 0 aliphatic heterocycles. The molecule has 2 nitrogen and oxygen atoms in total. The number of rotatable bonds is 3. The minimum absolute atomic E-state index is 0.699. The van der Waals surface area contributed by atoms with Gasteiger partial charge in [0.25, 0.3) is 0 Å². The van der Waals surface area contributed by atoms with E-state index < -0.39 is 11.0 Å². The minimum atomic E-state index is -1.05. The smallest absolute Gasteiger partial charge is 0.0888 e. The minimum Gasteiger partial charge on any atom is -0.252 e. The molecule has 0 aromatic carbocycles. The molecule has 3 heteroatoms. The van der Waals surface area contributed by atoms with E-state index in [1.165, 1.54) is 12.8 Å². The second-order valence-corrected chi connectivity index (χ2v) is 3.49. The SMILES string of the molecule is NS(=O)CCC1CC1. The van der Waals surface area contributed by atoms with Gasteiger partial charge in [0.15, 0.2) is 0 Å². The Morgan fingerprint density at radius 3 is 2.62 bits per heavy atom. The highest BCUT2D eigenvalue weighted by Gasteiger charge is 2.20. The molecule has 0 aromatic rings. The maximum atomic E-state index is 10.3. The summed E-state index contributed by atoms with van der Waals surface area (Å²) < 4.78 is 10.3. The number of nitrogens with two attached hydrogens (primary N) is 1. The average molecular weight is 133 g/mol. The third-order valence-corrected chi connectivity index (χ3v) is 2.06. The topological polar surface area (TPSA) is 43.1 Å². The highest BCUT2D eigenvalue weighted by molar-refractivity contribution is 7.82. The van der Waals surface area contributed by atoms with Gasteiger partial charge in [0, 0.05) is 5.75 Å². The summed E-state index contributed by atoms with van der Waals surface area (Å²) in [5.74, 6) is 1.56. The fourth-order valence-electron chi connectivity index (χ4n) is 0.689. The molecule has 1 atom stereocenters. The van der Waals surface area contributed by atoms with Crippen LogP contribution in [0.25, 0.3) is 0 Å². The van der Waals surface area contributed by atoms with E-state index in [4.69, 9.17) is 5.14 Å². The Morgan fingerprint density at radius 1 is 1.62 bits per heavy atom. The van der Waals surface area contributed by atoms with Crippen LogP contribution in [0.2, 0.25) is 0 Å². The first-order valence-corrected chi connectivity index (χ1v) is 4.30. The van der Waals surface area contributed by atoms with Gasteiger partial charge in [-0.3, -0.25) is 5.14 Å². The van der Waals surface area contributed by atoms with E-state index in [2.05, 4.69) is 0 Å². The first kappa shape index (κ1) is 6.23. The molecule has 0 bridgehead atoms. The van der Waals surface area contributed by atoms with E-state index in [9.17, 15) is 4.21 Å². The summed E-state index contributed by atoms with van der Waals surface area (Å²) in [5, 5.41) is 5.04. The first-order chi connectivity index (χ1) is 3.79. The van der Waals surface area contributed by atoms with E-state index in [1.807, 2.05) is 0 Å². The molecule has 0 saturated heterocycles. The van der Waals surface area contributed by atoms with Crippen LogP contribution in [-0.2, 0) is 11.0 Å².